The van der Waals surface area contributed by atoms with Gasteiger partial charge in [-0.2, -0.15) is 0 Å². The van der Waals surface area contributed by atoms with Gasteiger partial charge in [-0.15, -0.1) is 12.4 Å². The Labute approximate surface area is 154 Å². The summed E-state index contributed by atoms with van der Waals surface area (Å²) in [6, 6.07) is 9.82. The summed E-state index contributed by atoms with van der Waals surface area (Å²) in [6.45, 7) is 6.18. The summed E-state index contributed by atoms with van der Waals surface area (Å²) in [5.74, 6) is 1.76. The molecule has 0 radical (unpaired) electrons. The van der Waals surface area contributed by atoms with E-state index in [1.807, 2.05) is 26.1 Å². The standard InChI is InChI=1S/C19H24N2O3.ClH/c1-13-4-6-17(14(2)10-13)23-12-16-5-7-18(24-16)19(22)21(3)15-8-9-20-11-15;/h4-7,10,15,20H,8-9,11-12H2,1-3H3;1H. The van der Waals surface area contributed by atoms with Gasteiger partial charge in [0.2, 0.25) is 0 Å². The maximum absolute atomic E-state index is 12.5. The van der Waals surface area contributed by atoms with Crippen LogP contribution in [0, 0.1) is 13.8 Å². The minimum atomic E-state index is -0.0820. The predicted molar refractivity (Wildman–Crippen MR) is 99.6 cm³/mol. The normalized spacial score (nSPS) is 16.4. The average Bonchev–Trinajstić information content (AvgIpc) is 3.24. The number of hydrogen-bond acceptors (Lipinski definition) is 4. The van der Waals surface area contributed by atoms with Crippen molar-refractivity contribution in [3.63, 3.8) is 0 Å². The van der Waals surface area contributed by atoms with Gasteiger partial charge in [-0.05, 0) is 50.6 Å². The lowest BCUT2D eigenvalue weighted by Gasteiger charge is -2.22. The van der Waals surface area contributed by atoms with Crippen LogP contribution in [0.2, 0.25) is 0 Å². The summed E-state index contributed by atoms with van der Waals surface area (Å²) in [4.78, 5) is 14.2. The molecule has 25 heavy (non-hydrogen) atoms. The molecule has 1 aliphatic rings. The zero-order valence-corrected chi connectivity index (χ0v) is 15.7. The molecule has 3 rings (SSSR count). The van der Waals surface area contributed by atoms with Crippen LogP contribution in [0.25, 0.3) is 0 Å². The van der Waals surface area contributed by atoms with Crippen LogP contribution in [-0.2, 0) is 6.61 Å². The zero-order chi connectivity index (χ0) is 17.1. The van der Waals surface area contributed by atoms with Gasteiger partial charge in [0.05, 0.1) is 0 Å². The van der Waals surface area contributed by atoms with E-state index in [-0.39, 0.29) is 24.4 Å². The van der Waals surface area contributed by atoms with E-state index in [0.29, 0.717) is 18.1 Å². The van der Waals surface area contributed by atoms with Crippen LogP contribution in [0.3, 0.4) is 0 Å². The molecule has 2 heterocycles. The van der Waals surface area contributed by atoms with Crippen LogP contribution in [0.15, 0.2) is 34.7 Å². The van der Waals surface area contributed by atoms with Gasteiger partial charge in [0, 0.05) is 19.6 Å². The first kappa shape index (κ1) is 19.3. The molecule has 0 spiro atoms. The molecule has 1 aromatic carbocycles. The van der Waals surface area contributed by atoms with Gasteiger partial charge >= 0.3 is 0 Å². The van der Waals surface area contributed by atoms with Crippen molar-refractivity contribution in [1.29, 1.82) is 0 Å². The van der Waals surface area contributed by atoms with Gasteiger partial charge in [0.1, 0.15) is 18.1 Å². The lowest BCUT2D eigenvalue weighted by molar-refractivity contribution is 0.0707. The molecular weight excluding hydrogens is 340 g/mol. The predicted octanol–water partition coefficient (Wildman–Crippen LogP) is 3.33. The molecule has 1 amide bonds. The molecule has 5 nitrogen and oxygen atoms in total. The number of likely N-dealkylation sites (N-methyl/N-ethyl adjacent to an activating group) is 1. The van der Waals surface area contributed by atoms with E-state index >= 15 is 0 Å². The molecular formula is C19H25ClN2O3. The molecule has 1 unspecified atom stereocenters. The van der Waals surface area contributed by atoms with Crippen LogP contribution in [0.4, 0.5) is 0 Å². The highest BCUT2D eigenvalue weighted by Crippen LogP contribution is 2.21. The van der Waals surface area contributed by atoms with Gasteiger partial charge in [-0.25, -0.2) is 0 Å². The third kappa shape index (κ3) is 4.55. The van der Waals surface area contributed by atoms with Crippen LogP contribution in [-0.4, -0.2) is 37.0 Å². The number of hydrogen-bond donors (Lipinski definition) is 1. The molecule has 1 aromatic heterocycles. The number of furan rings is 1. The summed E-state index contributed by atoms with van der Waals surface area (Å²) >= 11 is 0. The molecule has 0 aliphatic carbocycles. The SMILES string of the molecule is Cc1ccc(OCc2ccc(C(=O)N(C)C3CCNC3)o2)c(C)c1.Cl. The van der Waals surface area contributed by atoms with E-state index in [1.165, 1.54) is 5.56 Å². The van der Waals surface area contributed by atoms with Crippen molar-refractivity contribution >= 4 is 18.3 Å². The second-order valence-electron chi connectivity index (χ2n) is 6.39. The Hall–Kier alpha value is -1.98. The molecule has 1 fully saturated rings. The number of aryl methyl sites for hydroxylation is 2. The van der Waals surface area contributed by atoms with Gasteiger partial charge < -0.3 is 19.4 Å². The third-order valence-corrected chi connectivity index (χ3v) is 4.48. The average molecular weight is 365 g/mol. The molecule has 0 saturated carbocycles. The first-order valence-electron chi connectivity index (χ1n) is 8.31. The quantitative estimate of drug-likeness (QED) is 0.884. The number of carbonyl (C=O) groups excluding carboxylic acids is 1. The van der Waals surface area contributed by atoms with Crippen molar-refractivity contribution in [2.45, 2.75) is 32.9 Å². The summed E-state index contributed by atoms with van der Waals surface area (Å²) < 4.78 is 11.5. The smallest absolute Gasteiger partial charge is 0.289 e. The fraction of sp³-hybridized carbons (Fsp3) is 0.421. The third-order valence-electron chi connectivity index (χ3n) is 4.48. The highest BCUT2D eigenvalue weighted by molar-refractivity contribution is 5.91. The second-order valence-corrected chi connectivity index (χ2v) is 6.39. The number of ether oxygens (including phenoxy) is 1. The number of nitrogens with zero attached hydrogens (tertiary/aromatic N) is 1. The Morgan fingerprint density at radius 3 is 2.80 bits per heavy atom. The van der Waals surface area contributed by atoms with E-state index in [2.05, 4.69) is 18.3 Å². The molecule has 136 valence electrons. The number of amides is 1. The minimum Gasteiger partial charge on any atom is -0.485 e. The molecule has 2 aromatic rings. The minimum absolute atomic E-state index is 0. The molecule has 0 bridgehead atoms. The number of carbonyl (C=O) groups is 1. The van der Waals surface area contributed by atoms with Crippen LogP contribution >= 0.6 is 12.4 Å². The van der Waals surface area contributed by atoms with Crippen molar-refractivity contribution in [2.75, 3.05) is 20.1 Å². The number of halogens is 1. The maximum atomic E-state index is 12.5. The van der Waals surface area contributed by atoms with E-state index in [9.17, 15) is 4.79 Å². The van der Waals surface area contributed by atoms with Gasteiger partial charge in [0.15, 0.2) is 5.76 Å². The number of rotatable bonds is 5. The Morgan fingerprint density at radius 1 is 1.32 bits per heavy atom. The topological polar surface area (TPSA) is 54.7 Å². The van der Waals surface area contributed by atoms with Crippen LogP contribution < -0.4 is 10.1 Å². The molecule has 6 heteroatoms. The fourth-order valence-electron chi connectivity index (χ4n) is 2.99. The molecule has 1 saturated heterocycles. The van der Waals surface area contributed by atoms with Crippen LogP contribution in [0.5, 0.6) is 5.75 Å². The van der Waals surface area contributed by atoms with Crippen molar-refractivity contribution in [1.82, 2.24) is 10.2 Å². The second kappa shape index (κ2) is 8.41. The number of benzene rings is 1. The maximum Gasteiger partial charge on any atom is 0.289 e. The summed E-state index contributed by atoms with van der Waals surface area (Å²) in [5, 5.41) is 3.27. The lowest BCUT2D eigenvalue weighted by atomic mass is 10.1. The van der Waals surface area contributed by atoms with Crippen molar-refractivity contribution in [2.24, 2.45) is 0 Å². The van der Waals surface area contributed by atoms with Gasteiger partial charge in [-0.1, -0.05) is 17.7 Å². The first-order valence-corrected chi connectivity index (χ1v) is 8.31. The van der Waals surface area contributed by atoms with Crippen molar-refractivity contribution < 1.29 is 13.9 Å². The Balaban J connectivity index is 0.00000225. The summed E-state index contributed by atoms with van der Waals surface area (Å²) in [7, 11) is 1.83. The fourth-order valence-corrected chi connectivity index (χ4v) is 2.99. The number of nitrogens with one attached hydrogen (secondary N) is 1. The Kier molecular flexibility index (Phi) is 6.51. The van der Waals surface area contributed by atoms with E-state index in [0.717, 1.165) is 30.8 Å². The highest BCUT2D eigenvalue weighted by Gasteiger charge is 2.25. The largest absolute Gasteiger partial charge is 0.485 e. The zero-order valence-electron chi connectivity index (χ0n) is 14.9. The monoisotopic (exact) mass is 364 g/mol. The van der Waals surface area contributed by atoms with Gasteiger partial charge in [-0.3, -0.25) is 4.79 Å². The molecule has 1 aliphatic heterocycles. The van der Waals surface area contributed by atoms with E-state index in [1.54, 1.807) is 17.0 Å². The summed E-state index contributed by atoms with van der Waals surface area (Å²) in [6.07, 6.45) is 0.978. The van der Waals surface area contributed by atoms with E-state index < -0.39 is 0 Å². The van der Waals surface area contributed by atoms with E-state index in [4.69, 9.17) is 9.15 Å². The van der Waals surface area contributed by atoms with Crippen molar-refractivity contribution in [3.8, 4) is 5.75 Å². The lowest BCUT2D eigenvalue weighted by Crippen LogP contribution is -2.38. The van der Waals surface area contributed by atoms with Gasteiger partial charge in [0.25, 0.3) is 5.91 Å². The molecule has 1 atom stereocenters. The summed E-state index contributed by atoms with van der Waals surface area (Å²) in [5.41, 5.74) is 2.29. The Morgan fingerprint density at radius 2 is 2.12 bits per heavy atom. The first-order chi connectivity index (χ1) is 11.5. The highest BCUT2D eigenvalue weighted by atomic mass is 35.5. The van der Waals surface area contributed by atoms with Crippen LogP contribution in [0.1, 0.15) is 33.9 Å². The molecule has 1 N–H and O–H groups in total. The Bertz CT molecular complexity index is 723. The van der Waals surface area contributed by atoms with Crippen molar-refractivity contribution in [3.05, 3.63) is 53.0 Å².